The summed E-state index contributed by atoms with van der Waals surface area (Å²) in [4.78, 5) is 16.6. The minimum Gasteiger partial charge on any atom is -0.420 e. The lowest BCUT2D eigenvalue weighted by Crippen LogP contribution is -2.27. The van der Waals surface area contributed by atoms with Crippen molar-refractivity contribution in [2.75, 3.05) is 11.9 Å². The van der Waals surface area contributed by atoms with E-state index >= 15 is 0 Å². The molecule has 4 rings (SSSR count). The first-order chi connectivity index (χ1) is 15.8. The van der Waals surface area contributed by atoms with Gasteiger partial charge < -0.3 is 15.4 Å². The standard InChI is InChI=1S/C24H20F3N3O2S/c1-2-28-14-15-5-3-6-16(11-15)21-13-20-22(33-21)19(9-10-29-20)30-17-7-4-8-18(12-17)32-23(31)24(25,26)27/h3-13,28H,2,14H2,1H3,(H,29,30). The average Bonchev–Trinajstić information content (AvgIpc) is 3.23. The van der Waals surface area contributed by atoms with Gasteiger partial charge in [-0.15, -0.1) is 11.3 Å². The van der Waals surface area contributed by atoms with Crippen molar-refractivity contribution in [3.63, 3.8) is 0 Å². The van der Waals surface area contributed by atoms with Gasteiger partial charge in [-0.2, -0.15) is 13.2 Å². The zero-order valence-corrected chi connectivity index (χ0v) is 18.4. The zero-order chi connectivity index (χ0) is 23.4. The van der Waals surface area contributed by atoms with Gasteiger partial charge in [0.2, 0.25) is 0 Å². The summed E-state index contributed by atoms with van der Waals surface area (Å²) in [6.45, 7) is 3.74. The molecular weight excluding hydrogens is 451 g/mol. The van der Waals surface area contributed by atoms with E-state index in [0.717, 1.165) is 39.4 Å². The lowest BCUT2D eigenvalue weighted by Gasteiger charge is -2.10. The summed E-state index contributed by atoms with van der Waals surface area (Å²) in [6.07, 6.45) is -3.39. The second-order valence-electron chi connectivity index (χ2n) is 7.20. The minimum absolute atomic E-state index is 0.197. The second kappa shape index (κ2) is 9.60. The highest BCUT2D eigenvalue weighted by molar-refractivity contribution is 7.22. The Labute approximate surface area is 192 Å². The van der Waals surface area contributed by atoms with Crippen LogP contribution in [0.3, 0.4) is 0 Å². The van der Waals surface area contributed by atoms with E-state index in [1.54, 1.807) is 29.7 Å². The molecule has 33 heavy (non-hydrogen) atoms. The Kier molecular flexibility index (Phi) is 6.62. The summed E-state index contributed by atoms with van der Waals surface area (Å²) in [5.74, 6) is -2.46. The average molecular weight is 472 g/mol. The fraction of sp³-hybridized carbons (Fsp3) is 0.167. The third kappa shape index (κ3) is 5.50. The third-order valence-corrected chi connectivity index (χ3v) is 5.96. The largest absolute Gasteiger partial charge is 0.491 e. The maximum Gasteiger partial charge on any atom is 0.491 e. The molecule has 2 aromatic heterocycles. The molecule has 2 aromatic carbocycles. The number of alkyl halides is 3. The SMILES string of the molecule is CCNCc1cccc(-c2cc3nccc(Nc4cccc(OC(=O)C(F)(F)F)c4)c3s2)c1. The zero-order valence-electron chi connectivity index (χ0n) is 17.6. The molecule has 0 aliphatic heterocycles. The number of hydrogen-bond acceptors (Lipinski definition) is 6. The van der Waals surface area contributed by atoms with E-state index in [-0.39, 0.29) is 5.75 Å². The van der Waals surface area contributed by atoms with Crippen LogP contribution in [0.4, 0.5) is 24.5 Å². The number of nitrogens with one attached hydrogen (secondary N) is 2. The molecule has 0 aliphatic carbocycles. The smallest absolute Gasteiger partial charge is 0.420 e. The van der Waals surface area contributed by atoms with Crippen molar-refractivity contribution < 1.29 is 22.7 Å². The summed E-state index contributed by atoms with van der Waals surface area (Å²) in [6, 6.07) is 17.9. The normalized spacial score (nSPS) is 11.5. The molecule has 2 N–H and O–H groups in total. The van der Waals surface area contributed by atoms with Crippen LogP contribution in [0, 0.1) is 0 Å². The molecule has 0 bridgehead atoms. The number of pyridine rings is 1. The second-order valence-corrected chi connectivity index (χ2v) is 8.26. The van der Waals surface area contributed by atoms with Crippen molar-refractivity contribution in [1.29, 1.82) is 0 Å². The molecule has 4 aromatic rings. The first-order valence-corrected chi connectivity index (χ1v) is 11.0. The number of fused-ring (bicyclic) bond motifs is 1. The lowest BCUT2D eigenvalue weighted by atomic mass is 10.1. The number of nitrogens with zero attached hydrogens (tertiary/aromatic N) is 1. The van der Waals surface area contributed by atoms with Crippen molar-refractivity contribution in [3.8, 4) is 16.2 Å². The van der Waals surface area contributed by atoms with Gasteiger partial charge in [0.15, 0.2) is 0 Å². The number of aromatic nitrogens is 1. The van der Waals surface area contributed by atoms with E-state index in [9.17, 15) is 18.0 Å². The van der Waals surface area contributed by atoms with Crippen molar-refractivity contribution in [3.05, 3.63) is 72.4 Å². The number of carbonyl (C=O) groups is 1. The van der Waals surface area contributed by atoms with E-state index in [1.807, 2.05) is 18.2 Å². The van der Waals surface area contributed by atoms with Gasteiger partial charge in [0, 0.05) is 29.4 Å². The molecule has 0 aliphatic rings. The van der Waals surface area contributed by atoms with Crippen LogP contribution in [-0.4, -0.2) is 23.7 Å². The lowest BCUT2D eigenvalue weighted by molar-refractivity contribution is -0.189. The van der Waals surface area contributed by atoms with E-state index in [0.29, 0.717) is 5.69 Å². The summed E-state index contributed by atoms with van der Waals surface area (Å²) >= 11 is 1.57. The first-order valence-electron chi connectivity index (χ1n) is 10.2. The van der Waals surface area contributed by atoms with Gasteiger partial charge in [0.05, 0.1) is 15.9 Å². The molecule has 0 fully saturated rings. The predicted octanol–water partition coefficient (Wildman–Crippen LogP) is 6.28. The van der Waals surface area contributed by atoms with E-state index in [4.69, 9.17) is 0 Å². The maximum atomic E-state index is 12.5. The third-order valence-electron chi connectivity index (χ3n) is 4.76. The minimum atomic E-state index is -5.06. The molecule has 0 unspecified atom stereocenters. The van der Waals surface area contributed by atoms with E-state index < -0.39 is 12.1 Å². The Balaban J connectivity index is 1.60. The van der Waals surface area contributed by atoms with Crippen LogP contribution in [0.25, 0.3) is 20.7 Å². The fourth-order valence-electron chi connectivity index (χ4n) is 3.24. The van der Waals surface area contributed by atoms with Crippen LogP contribution in [0.2, 0.25) is 0 Å². The molecular formula is C24H20F3N3O2S. The van der Waals surface area contributed by atoms with Gasteiger partial charge in [-0.1, -0.05) is 31.2 Å². The molecule has 0 amide bonds. The quantitative estimate of drug-likeness (QED) is 0.245. The Morgan fingerprint density at radius 3 is 2.70 bits per heavy atom. The molecule has 0 saturated heterocycles. The van der Waals surface area contributed by atoms with Gasteiger partial charge in [-0.05, 0) is 48.0 Å². The van der Waals surface area contributed by atoms with Crippen LogP contribution in [0.5, 0.6) is 5.75 Å². The van der Waals surface area contributed by atoms with Crippen molar-refractivity contribution in [2.24, 2.45) is 0 Å². The predicted molar refractivity (Wildman–Crippen MR) is 124 cm³/mol. The van der Waals surface area contributed by atoms with Crippen molar-refractivity contribution >= 4 is 38.9 Å². The summed E-state index contributed by atoms with van der Waals surface area (Å²) in [7, 11) is 0. The van der Waals surface area contributed by atoms with Gasteiger partial charge in [-0.25, -0.2) is 4.79 Å². The van der Waals surface area contributed by atoms with E-state index in [2.05, 4.69) is 39.4 Å². The number of hydrogen-bond donors (Lipinski definition) is 2. The number of anilines is 2. The number of carbonyl (C=O) groups excluding carboxylic acids is 1. The number of benzene rings is 2. The first kappa shape index (κ1) is 22.8. The molecule has 0 spiro atoms. The van der Waals surface area contributed by atoms with Crippen LogP contribution in [-0.2, 0) is 11.3 Å². The van der Waals surface area contributed by atoms with Crippen molar-refractivity contribution in [2.45, 2.75) is 19.6 Å². The number of halogens is 3. The maximum absolute atomic E-state index is 12.5. The number of esters is 1. The molecule has 170 valence electrons. The molecule has 9 heteroatoms. The van der Waals surface area contributed by atoms with Gasteiger partial charge in [-0.3, -0.25) is 4.98 Å². The van der Waals surface area contributed by atoms with Crippen LogP contribution in [0.1, 0.15) is 12.5 Å². The van der Waals surface area contributed by atoms with Crippen LogP contribution >= 0.6 is 11.3 Å². The Morgan fingerprint density at radius 1 is 1.09 bits per heavy atom. The monoisotopic (exact) mass is 471 g/mol. The van der Waals surface area contributed by atoms with Gasteiger partial charge >= 0.3 is 12.1 Å². The van der Waals surface area contributed by atoms with Crippen LogP contribution < -0.4 is 15.4 Å². The highest BCUT2D eigenvalue weighted by Crippen LogP contribution is 2.38. The number of thiophene rings is 1. The number of rotatable bonds is 7. The number of ether oxygens (including phenoxy) is 1. The van der Waals surface area contributed by atoms with E-state index in [1.165, 1.54) is 23.8 Å². The van der Waals surface area contributed by atoms with Crippen LogP contribution in [0.15, 0.2) is 66.9 Å². The Hall–Kier alpha value is -3.43. The van der Waals surface area contributed by atoms with Gasteiger partial charge in [0.25, 0.3) is 0 Å². The Morgan fingerprint density at radius 2 is 1.91 bits per heavy atom. The molecule has 0 saturated carbocycles. The molecule has 5 nitrogen and oxygen atoms in total. The van der Waals surface area contributed by atoms with Gasteiger partial charge in [0.1, 0.15) is 5.75 Å². The van der Waals surface area contributed by atoms with Crippen molar-refractivity contribution in [1.82, 2.24) is 10.3 Å². The Bertz CT molecular complexity index is 1290. The fourth-order valence-corrected chi connectivity index (χ4v) is 4.32. The topological polar surface area (TPSA) is 63.3 Å². The highest BCUT2D eigenvalue weighted by atomic mass is 32.1. The molecule has 0 radical (unpaired) electrons. The molecule has 0 atom stereocenters. The summed E-state index contributed by atoms with van der Waals surface area (Å²) in [5, 5.41) is 6.51. The molecule has 2 heterocycles. The summed E-state index contributed by atoms with van der Waals surface area (Å²) < 4.78 is 42.8. The highest BCUT2D eigenvalue weighted by Gasteiger charge is 2.41. The summed E-state index contributed by atoms with van der Waals surface area (Å²) in [5.41, 5.74) is 4.30.